The Morgan fingerprint density at radius 3 is 2.65 bits per heavy atom. The highest BCUT2D eigenvalue weighted by atomic mass is 16.5. The summed E-state index contributed by atoms with van der Waals surface area (Å²) in [6.45, 7) is 1.80. The fourth-order valence-electron chi connectivity index (χ4n) is 1.65. The number of aryl methyl sites for hydroxylation is 1. The van der Waals surface area contributed by atoms with Crippen molar-refractivity contribution in [3.63, 3.8) is 0 Å². The molecular weight excluding hydrogens is 224 g/mol. The molecular formula is C12H10O5. The molecule has 1 heterocycles. The second-order valence-electron chi connectivity index (χ2n) is 3.62. The third kappa shape index (κ3) is 1.87. The summed E-state index contributed by atoms with van der Waals surface area (Å²) in [5.74, 6) is -1.27. The van der Waals surface area contributed by atoms with Gasteiger partial charge in [0.2, 0.25) is 5.76 Å². The van der Waals surface area contributed by atoms with Gasteiger partial charge in [0.15, 0.2) is 5.43 Å². The molecule has 0 aliphatic carbocycles. The summed E-state index contributed by atoms with van der Waals surface area (Å²) in [4.78, 5) is 22.6. The number of benzene rings is 1. The summed E-state index contributed by atoms with van der Waals surface area (Å²) in [5, 5.41) is 9.05. The van der Waals surface area contributed by atoms with Crippen LogP contribution < -0.4 is 10.2 Å². The van der Waals surface area contributed by atoms with Crippen LogP contribution in [0.1, 0.15) is 16.1 Å². The van der Waals surface area contributed by atoms with Crippen molar-refractivity contribution in [1.29, 1.82) is 0 Å². The van der Waals surface area contributed by atoms with Crippen LogP contribution in [0.3, 0.4) is 0 Å². The quantitative estimate of drug-likeness (QED) is 0.857. The third-order valence-electron chi connectivity index (χ3n) is 2.37. The molecule has 0 aliphatic rings. The van der Waals surface area contributed by atoms with Gasteiger partial charge >= 0.3 is 5.97 Å². The molecule has 0 aliphatic heterocycles. The highest BCUT2D eigenvalue weighted by molar-refractivity contribution is 5.89. The Balaban J connectivity index is 2.90. The van der Waals surface area contributed by atoms with Crippen LogP contribution in [0.2, 0.25) is 0 Å². The van der Waals surface area contributed by atoms with Crippen molar-refractivity contribution in [2.24, 2.45) is 0 Å². The van der Waals surface area contributed by atoms with Crippen LogP contribution >= 0.6 is 0 Å². The standard InChI is InChI=1S/C12H10O5/c1-6-3-8(16-2)11-7(13)5-10(12(14)15)17-9(11)4-6/h3-5H,1-2H3,(H,14,15). The van der Waals surface area contributed by atoms with Gasteiger partial charge in [0, 0.05) is 6.07 Å². The maximum Gasteiger partial charge on any atom is 0.371 e. The van der Waals surface area contributed by atoms with Crippen LogP contribution in [0.4, 0.5) is 0 Å². The molecule has 0 fully saturated rings. The highest BCUT2D eigenvalue weighted by Gasteiger charge is 2.14. The third-order valence-corrected chi connectivity index (χ3v) is 2.37. The Morgan fingerprint density at radius 1 is 1.35 bits per heavy atom. The molecule has 1 N–H and O–H groups in total. The SMILES string of the molecule is COc1cc(C)cc2oc(C(=O)O)cc(=O)c12. The van der Waals surface area contributed by atoms with E-state index in [0.717, 1.165) is 11.6 Å². The molecule has 17 heavy (non-hydrogen) atoms. The molecule has 0 bridgehead atoms. The Hall–Kier alpha value is -2.30. The predicted molar refractivity (Wildman–Crippen MR) is 60.7 cm³/mol. The summed E-state index contributed by atoms with van der Waals surface area (Å²) in [5.41, 5.74) is 0.604. The van der Waals surface area contributed by atoms with Crippen LogP contribution in [0.25, 0.3) is 11.0 Å². The summed E-state index contributed by atoms with van der Waals surface area (Å²) in [6, 6.07) is 4.24. The number of fused-ring (bicyclic) bond motifs is 1. The molecule has 0 saturated heterocycles. The molecule has 0 saturated carbocycles. The summed E-state index contributed by atoms with van der Waals surface area (Å²) in [6.07, 6.45) is 0. The summed E-state index contributed by atoms with van der Waals surface area (Å²) in [7, 11) is 1.44. The van der Waals surface area contributed by atoms with Crippen LogP contribution in [0.5, 0.6) is 5.75 Å². The summed E-state index contributed by atoms with van der Waals surface area (Å²) >= 11 is 0. The first kappa shape index (κ1) is 11.2. The van der Waals surface area contributed by atoms with Gasteiger partial charge in [0.05, 0.1) is 7.11 Å². The minimum Gasteiger partial charge on any atom is -0.496 e. The molecule has 1 aromatic heterocycles. The topological polar surface area (TPSA) is 76.7 Å². The average molecular weight is 234 g/mol. The van der Waals surface area contributed by atoms with Crippen LogP contribution in [-0.2, 0) is 0 Å². The largest absolute Gasteiger partial charge is 0.496 e. The Morgan fingerprint density at radius 2 is 2.06 bits per heavy atom. The number of carbonyl (C=O) groups is 1. The van der Waals surface area contributed by atoms with E-state index in [2.05, 4.69) is 0 Å². The molecule has 5 nitrogen and oxygen atoms in total. The van der Waals surface area contributed by atoms with Crippen molar-refractivity contribution in [3.8, 4) is 5.75 Å². The molecule has 2 rings (SSSR count). The van der Waals surface area contributed by atoms with E-state index in [4.69, 9.17) is 14.3 Å². The lowest BCUT2D eigenvalue weighted by molar-refractivity contribution is 0.0663. The van der Waals surface area contributed by atoms with Gasteiger partial charge < -0.3 is 14.3 Å². The number of rotatable bonds is 2. The van der Waals surface area contributed by atoms with Crippen molar-refractivity contribution >= 4 is 16.9 Å². The zero-order valence-corrected chi connectivity index (χ0v) is 9.31. The van der Waals surface area contributed by atoms with E-state index in [1.54, 1.807) is 19.1 Å². The Kier molecular flexibility index (Phi) is 2.59. The first-order valence-electron chi connectivity index (χ1n) is 4.88. The van der Waals surface area contributed by atoms with Gasteiger partial charge in [0.1, 0.15) is 16.7 Å². The fraction of sp³-hybridized carbons (Fsp3) is 0.167. The number of hydrogen-bond donors (Lipinski definition) is 1. The van der Waals surface area contributed by atoms with Gasteiger partial charge in [-0.1, -0.05) is 0 Å². The number of carboxylic acids is 1. The zero-order valence-electron chi connectivity index (χ0n) is 9.31. The smallest absolute Gasteiger partial charge is 0.371 e. The minimum atomic E-state index is -1.27. The van der Waals surface area contributed by atoms with Crippen molar-refractivity contribution in [2.45, 2.75) is 6.92 Å². The van der Waals surface area contributed by atoms with E-state index in [-0.39, 0.29) is 16.7 Å². The fourth-order valence-corrected chi connectivity index (χ4v) is 1.65. The lowest BCUT2D eigenvalue weighted by Crippen LogP contribution is -2.07. The maximum absolute atomic E-state index is 11.8. The molecule has 0 unspecified atom stereocenters. The van der Waals surface area contributed by atoms with E-state index in [1.807, 2.05) is 0 Å². The van der Waals surface area contributed by atoms with Crippen LogP contribution in [-0.4, -0.2) is 18.2 Å². The van der Waals surface area contributed by atoms with Crippen molar-refractivity contribution < 1.29 is 19.1 Å². The molecule has 0 amide bonds. The second-order valence-corrected chi connectivity index (χ2v) is 3.62. The van der Waals surface area contributed by atoms with Crippen LogP contribution in [0.15, 0.2) is 27.4 Å². The number of ether oxygens (including phenoxy) is 1. The minimum absolute atomic E-state index is 0.215. The first-order chi connectivity index (χ1) is 8.02. The normalized spacial score (nSPS) is 10.5. The maximum atomic E-state index is 11.8. The number of carboxylic acid groups (broad SMARTS) is 1. The van der Waals surface area contributed by atoms with Crippen molar-refractivity contribution in [2.75, 3.05) is 7.11 Å². The average Bonchev–Trinajstić information content (AvgIpc) is 2.26. The molecule has 1 aromatic carbocycles. The lowest BCUT2D eigenvalue weighted by Gasteiger charge is -2.06. The zero-order chi connectivity index (χ0) is 12.6. The van der Waals surface area contributed by atoms with Gasteiger partial charge in [0.25, 0.3) is 0 Å². The molecule has 0 spiro atoms. The van der Waals surface area contributed by atoms with Gasteiger partial charge in [-0.2, -0.15) is 0 Å². The second kappa shape index (κ2) is 3.93. The van der Waals surface area contributed by atoms with Gasteiger partial charge in [-0.3, -0.25) is 4.79 Å². The molecule has 2 aromatic rings. The molecule has 5 heteroatoms. The first-order valence-corrected chi connectivity index (χ1v) is 4.88. The van der Waals surface area contributed by atoms with E-state index in [9.17, 15) is 9.59 Å². The highest BCUT2D eigenvalue weighted by Crippen LogP contribution is 2.25. The van der Waals surface area contributed by atoms with Crippen molar-refractivity contribution in [3.05, 3.63) is 39.7 Å². The van der Waals surface area contributed by atoms with Gasteiger partial charge in [-0.25, -0.2) is 4.79 Å². The number of aromatic carboxylic acids is 1. The molecule has 0 atom stereocenters. The van der Waals surface area contributed by atoms with Gasteiger partial charge in [-0.05, 0) is 24.6 Å². The Labute approximate surface area is 96.2 Å². The van der Waals surface area contributed by atoms with E-state index in [1.165, 1.54) is 7.11 Å². The lowest BCUT2D eigenvalue weighted by atomic mass is 10.1. The van der Waals surface area contributed by atoms with E-state index in [0.29, 0.717) is 5.75 Å². The monoisotopic (exact) mass is 234 g/mol. The van der Waals surface area contributed by atoms with E-state index >= 15 is 0 Å². The number of hydrogen-bond acceptors (Lipinski definition) is 4. The van der Waals surface area contributed by atoms with Crippen LogP contribution in [0, 0.1) is 6.92 Å². The Bertz CT molecular complexity index is 654. The molecule has 0 radical (unpaired) electrons. The number of methoxy groups -OCH3 is 1. The van der Waals surface area contributed by atoms with Gasteiger partial charge in [-0.15, -0.1) is 0 Å². The summed E-state index contributed by atoms with van der Waals surface area (Å²) < 4.78 is 10.2. The molecule has 88 valence electrons. The van der Waals surface area contributed by atoms with Crippen molar-refractivity contribution in [1.82, 2.24) is 0 Å². The predicted octanol–water partition coefficient (Wildman–Crippen LogP) is 1.81. The van der Waals surface area contributed by atoms with E-state index < -0.39 is 11.4 Å².